The summed E-state index contributed by atoms with van der Waals surface area (Å²) in [4.78, 5) is 0. The first-order chi connectivity index (χ1) is 9.78. The van der Waals surface area contributed by atoms with Crippen LogP contribution in [-0.2, 0) is 4.74 Å². The fraction of sp³-hybridized carbons (Fsp3) is 0.600. The van der Waals surface area contributed by atoms with Gasteiger partial charge in [0.25, 0.3) is 0 Å². The monoisotopic (exact) mass is 281 g/mol. The van der Waals surface area contributed by atoms with Gasteiger partial charge in [0.1, 0.15) is 24.2 Å². The van der Waals surface area contributed by atoms with Gasteiger partial charge in [-0.25, -0.2) is 0 Å². The summed E-state index contributed by atoms with van der Waals surface area (Å²) < 4.78 is 16.0. The first-order valence-corrected chi connectivity index (χ1v) is 7.04. The molecule has 0 amide bonds. The summed E-state index contributed by atoms with van der Waals surface area (Å²) in [5.41, 5.74) is 0. The molecule has 1 aromatic carbocycles. The molecule has 2 rings (SSSR count). The van der Waals surface area contributed by atoms with E-state index in [9.17, 15) is 5.11 Å². The van der Waals surface area contributed by atoms with Crippen LogP contribution in [0.2, 0.25) is 0 Å². The van der Waals surface area contributed by atoms with Gasteiger partial charge in [0.05, 0.1) is 13.7 Å². The van der Waals surface area contributed by atoms with Crippen molar-refractivity contribution in [3.05, 3.63) is 24.3 Å². The van der Waals surface area contributed by atoms with Crippen molar-refractivity contribution in [3.8, 4) is 11.5 Å². The summed E-state index contributed by atoms with van der Waals surface area (Å²) in [5.74, 6) is 1.44. The molecule has 1 fully saturated rings. The number of nitrogens with one attached hydrogen (secondary N) is 1. The highest BCUT2D eigenvalue weighted by atomic mass is 16.5. The summed E-state index contributed by atoms with van der Waals surface area (Å²) in [6.45, 7) is 2.34. The summed E-state index contributed by atoms with van der Waals surface area (Å²) in [6, 6.07) is 7.70. The van der Waals surface area contributed by atoms with Crippen molar-refractivity contribution in [1.29, 1.82) is 0 Å². The van der Waals surface area contributed by atoms with Crippen LogP contribution in [-0.4, -0.2) is 50.7 Å². The second-order valence-electron chi connectivity index (χ2n) is 4.97. The van der Waals surface area contributed by atoms with Crippen LogP contribution in [0.1, 0.15) is 12.8 Å². The number of benzene rings is 1. The van der Waals surface area contributed by atoms with Gasteiger partial charge >= 0.3 is 0 Å². The molecule has 2 unspecified atom stereocenters. The Morgan fingerprint density at radius 2 is 2.30 bits per heavy atom. The van der Waals surface area contributed by atoms with Crippen LogP contribution in [0.3, 0.4) is 0 Å². The Morgan fingerprint density at radius 1 is 1.45 bits per heavy atom. The van der Waals surface area contributed by atoms with E-state index < -0.39 is 6.10 Å². The van der Waals surface area contributed by atoms with Gasteiger partial charge in [-0.2, -0.15) is 0 Å². The molecule has 1 aromatic rings. The Morgan fingerprint density at radius 3 is 3.05 bits per heavy atom. The SMILES string of the molecule is COc1cccc(OCC(O)CNC2CCCOC2)c1. The van der Waals surface area contributed by atoms with Crippen molar-refractivity contribution in [1.82, 2.24) is 5.32 Å². The molecule has 0 spiro atoms. The maximum absolute atomic E-state index is 9.91. The Balaban J connectivity index is 1.67. The largest absolute Gasteiger partial charge is 0.497 e. The fourth-order valence-corrected chi connectivity index (χ4v) is 2.15. The van der Waals surface area contributed by atoms with E-state index in [-0.39, 0.29) is 6.61 Å². The summed E-state index contributed by atoms with van der Waals surface area (Å²) in [6.07, 6.45) is 1.64. The van der Waals surface area contributed by atoms with Crippen LogP contribution in [0.25, 0.3) is 0 Å². The molecule has 1 heterocycles. The topological polar surface area (TPSA) is 60.0 Å². The highest BCUT2D eigenvalue weighted by Gasteiger charge is 2.15. The molecular formula is C15H23NO4. The Kier molecular flexibility index (Phi) is 6.11. The van der Waals surface area contributed by atoms with Crippen molar-refractivity contribution < 1.29 is 19.3 Å². The smallest absolute Gasteiger partial charge is 0.123 e. The molecule has 2 N–H and O–H groups in total. The Labute approximate surface area is 119 Å². The van der Waals surface area contributed by atoms with Gasteiger partial charge < -0.3 is 24.6 Å². The number of aliphatic hydroxyl groups is 1. The second kappa shape index (κ2) is 8.09. The zero-order valence-electron chi connectivity index (χ0n) is 11.9. The normalized spacial score (nSPS) is 20.4. The van der Waals surface area contributed by atoms with Gasteiger partial charge in [-0.1, -0.05) is 6.07 Å². The first-order valence-electron chi connectivity index (χ1n) is 7.04. The van der Waals surface area contributed by atoms with Gasteiger partial charge in [-0.3, -0.25) is 0 Å². The Bertz CT molecular complexity index is 393. The van der Waals surface area contributed by atoms with Crippen molar-refractivity contribution in [2.75, 3.05) is 33.5 Å². The molecule has 0 radical (unpaired) electrons. The van der Waals surface area contributed by atoms with E-state index in [1.807, 2.05) is 18.2 Å². The molecule has 2 atom stereocenters. The standard InChI is InChI=1S/C15H23NO4/c1-18-14-5-2-6-15(8-14)20-11-13(17)9-16-12-4-3-7-19-10-12/h2,5-6,8,12-13,16-17H,3-4,7,9-11H2,1H3. The molecule has 112 valence electrons. The molecule has 20 heavy (non-hydrogen) atoms. The van der Waals surface area contributed by atoms with Gasteiger partial charge in [-0.15, -0.1) is 0 Å². The van der Waals surface area contributed by atoms with Crippen molar-refractivity contribution in [3.63, 3.8) is 0 Å². The number of hydrogen-bond acceptors (Lipinski definition) is 5. The minimum atomic E-state index is -0.539. The minimum absolute atomic E-state index is 0.258. The van der Waals surface area contributed by atoms with Gasteiger partial charge in [0.15, 0.2) is 0 Å². The quantitative estimate of drug-likeness (QED) is 0.786. The molecular weight excluding hydrogens is 258 g/mol. The molecule has 1 aliphatic heterocycles. The second-order valence-corrected chi connectivity index (χ2v) is 4.97. The molecule has 0 bridgehead atoms. The van der Waals surface area contributed by atoms with E-state index in [2.05, 4.69) is 5.32 Å². The molecule has 0 aliphatic carbocycles. The summed E-state index contributed by atoms with van der Waals surface area (Å²) >= 11 is 0. The molecule has 5 heteroatoms. The average Bonchev–Trinajstić information content (AvgIpc) is 2.52. The maximum atomic E-state index is 9.91. The van der Waals surface area contributed by atoms with E-state index in [0.29, 0.717) is 18.3 Å². The van der Waals surface area contributed by atoms with Crippen LogP contribution in [0.5, 0.6) is 11.5 Å². The van der Waals surface area contributed by atoms with E-state index in [0.717, 1.165) is 31.8 Å². The average molecular weight is 281 g/mol. The Hall–Kier alpha value is -1.30. The van der Waals surface area contributed by atoms with E-state index >= 15 is 0 Å². The van der Waals surface area contributed by atoms with Crippen LogP contribution in [0.4, 0.5) is 0 Å². The van der Waals surface area contributed by atoms with Gasteiger partial charge in [0.2, 0.25) is 0 Å². The number of rotatable bonds is 7. The number of methoxy groups -OCH3 is 1. The zero-order valence-corrected chi connectivity index (χ0v) is 11.9. The lowest BCUT2D eigenvalue weighted by Gasteiger charge is -2.24. The lowest BCUT2D eigenvalue weighted by atomic mass is 10.1. The van der Waals surface area contributed by atoms with Crippen LogP contribution in [0.15, 0.2) is 24.3 Å². The van der Waals surface area contributed by atoms with Gasteiger partial charge in [-0.05, 0) is 25.0 Å². The highest BCUT2D eigenvalue weighted by molar-refractivity contribution is 5.32. The third-order valence-corrected chi connectivity index (χ3v) is 3.29. The summed E-state index contributed by atoms with van der Waals surface area (Å²) in [5, 5.41) is 13.2. The molecule has 0 aromatic heterocycles. The van der Waals surface area contributed by atoms with Crippen molar-refractivity contribution in [2.24, 2.45) is 0 Å². The van der Waals surface area contributed by atoms with Crippen LogP contribution >= 0.6 is 0 Å². The van der Waals surface area contributed by atoms with E-state index in [4.69, 9.17) is 14.2 Å². The number of aliphatic hydroxyl groups excluding tert-OH is 1. The minimum Gasteiger partial charge on any atom is -0.497 e. The number of hydrogen-bond donors (Lipinski definition) is 2. The first kappa shape index (κ1) is 15.1. The maximum Gasteiger partial charge on any atom is 0.123 e. The molecule has 1 saturated heterocycles. The lowest BCUT2D eigenvalue weighted by Crippen LogP contribution is -2.42. The van der Waals surface area contributed by atoms with Gasteiger partial charge in [0, 0.05) is 25.3 Å². The fourth-order valence-electron chi connectivity index (χ4n) is 2.15. The van der Waals surface area contributed by atoms with Crippen LogP contribution < -0.4 is 14.8 Å². The van der Waals surface area contributed by atoms with E-state index in [1.165, 1.54) is 0 Å². The summed E-state index contributed by atoms with van der Waals surface area (Å²) in [7, 11) is 1.62. The number of ether oxygens (including phenoxy) is 3. The molecule has 0 saturated carbocycles. The van der Waals surface area contributed by atoms with Crippen LogP contribution in [0, 0.1) is 0 Å². The molecule has 5 nitrogen and oxygen atoms in total. The third kappa shape index (κ3) is 5.00. The zero-order chi connectivity index (χ0) is 14.2. The van der Waals surface area contributed by atoms with Crippen molar-refractivity contribution in [2.45, 2.75) is 25.0 Å². The predicted octanol–water partition coefficient (Wildman–Crippen LogP) is 1.20. The lowest BCUT2D eigenvalue weighted by molar-refractivity contribution is 0.0572. The van der Waals surface area contributed by atoms with Crippen molar-refractivity contribution >= 4 is 0 Å². The third-order valence-electron chi connectivity index (χ3n) is 3.29. The predicted molar refractivity (Wildman–Crippen MR) is 76.3 cm³/mol. The highest BCUT2D eigenvalue weighted by Crippen LogP contribution is 2.18. The molecule has 1 aliphatic rings. The van der Waals surface area contributed by atoms with E-state index in [1.54, 1.807) is 13.2 Å².